The number of carbonyl (C=O) groups is 1. The van der Waals surface area contributed by atoms with Gasteiger partial charge in [0.1, 0.15) is 5.75 Å². The number of methoxy groups -OCH3 is 1. The first-order valence-corrected chi connectivity index (χ1v) is 8.94. The number of fused-ring (bicyclic) bond motifs is 2. The molecule has 0 saturated heterocycles. The molecule has 0 aromatic heterocycles. The molecule has 130 valence electrons. The summed E-state index contributed by atoms with van der Waals surface area (Å²) in [4.78, 5) is 12.5. The maximum Gasteiger partial charge on any atom is 0.227 e. The lowest BCUT2D eigenvalue weighted by Gasteiger charge is -2.20. The average Bonchev–Trinajstić information content (AvgIpc) is 3.27. The number of amides is 1. The molecule has 1 N–H and O–H groups in total. The third-order valence-electron chi connectivity index (χ3n) is 5.49. The van der Waals surface area contributed by atoms with Gasteiger partial charge in [-0.1, -0.05) is 18.6 Å². The Labute approximate surface area is 148 Å². The first-order valence-electron chi connectivity index (χ1n) is 8.94. The zero-order valence-corrected chi connectivity index (χ0v) is 14.4. The lowest BCUT2D eigenvalue weighted by molar-refractivity contribution is -0.121. The number of carbonyl (C=O) groups excluding carboxylic acids is 1. The van der Waals surface area contributed by atoms with E-state index in [1.807, 2.05) is 48.5 Å². The molecule has 25 heavy (non-hydrogen) atoms. The van der Waals surface area contributed by atoms with E-state index in [9.17, 15) is 4.79 Å². The highest BCUT2D eigenvalue weighted by Crippen LogP contribution is 2.48. The van der Waals surface area contributed by atoms with Gasteiger partial charge in [-0.2, -0.15) is 0 Å². The van der Waals surface area contributed by atoms with Crippen molar-refractivity contribution in [2.24, 2.45) is 17.8 Å². The van der Waals surface area contributed by atoms with E-state index in [-0.39, 0.29) is 11.8 Å². The number of para-hydroxylation sites is 2. The quantitative estimate of drug-likeness (QED) is 0.847. The van der Waals surface area contributed by atoms with Crippen molar-refractivity contribution in [3.63, 3.8) is 0 Å². The first-order chi connectivity index (χ1) is 12.2. The Hall–Kier alpha value is -2.49. The number of hydrogen-bond acceptors (Lipinski definition) is 3. The van der Waals surface area contributed by atoms with Gasteiger partial charge in [0.25, 0.3) is 0 Å². The van der Waals surface area contributed by atoms with Crippen LogP contribution in [0.2, 0.25) is 0 Å². The van der Waals surface area contributed by atoms with Crippen LogP contribution in [0.25, 0.3) is 0 Å². The summed E-state index contributed by atoms with van der Waals surface area (Å²) in [5, 5.41) is 3.06. The SMILES string of the molecule is COc1ccccc1Oc1ccc(NC(=O)C2CC3CCC2C3)cc1. The molecule has 2 saturated carbocycles. The molecule has 0 heterocycles. The Morgan fingerprint density at radius 3 is 2.40 bits per heavy atom. The molecule has 0 aliphatic heterocycles. The van der Waals surface area contributed by atoms with Crippen LogP contribution >= 0.6 is 0 Å². The van der Waals surface area contributed by atoms with E-state index in [1.54, 1.807) is 7.11 Å². The second kappa shape index (κ2) is 6.79. The van der Waals surface area contributed by atoms with Crippen LogP contribution < -0.4 is 14.8 Å². The van der Waals surface area contributed by atoms with Crippen LogP contribution in [0.4, 0.5) is 5.69 Å². The molecule has 2 aliphatic rings. The van der Waals surface area contributed by atoms with E-state index in [4.69, 9.17) is 9.47 Å². The molecular formula is C21H23NO3. The van der Waals surface area contributed by atoms with Gasteiger partial charge < -0.3 is 14.8 Å². The number of hydrogen-bond donors (Lipinski definition) is 1. The van der Waals surface area contributed by atoms with Crippen LogP contribution in [-0.4, -0.2) is 13.0 Å². The first kappa shape index (κ1) is 16.0. The zero-order valence-electron chi connectivity index (χ0n) is 14.4. The highest BCUT2D eigenvalue weighted by Gasteiger charge is 2.42. The van der Waals surface area contributed by atoms with E-state index in [0.717, 1.165) is 18.0 Å². The van der Waals surface area contributed by atoms with Crippen molar-refractivity contribution in [3.8, 4) is 17.2 Å². The summed E-state index contributed by atoms with van der Waals surface area (Å²) < 4.78 is 11.2. The van der Waals surface area contributed by atoms with Gasteiger partial charge in [0.2, 0.25) is 5.91 Å². The van der Waals surface area contributed by atoms with Crippen molar-refractivity contribution in [2.75, 3.05) is 12.4 Å². The topological polar surface area (TPSA) is 47.6 Å². The molecule has 2 fully saturated rings. The van der Waals surface area contributed by atoms with Gasteiger partial charge in [-0.25, -0.2) is 0 Å². The molecule has 2 bridgehead atoms. The van der Waals surface area contributed by atoms with Crippen molar-refractivity contribution in [2.45, 2.75) is 25.7 Å². The minimum absolute atomic E-state index is 0.172. The van der Waals surface area contributed by atoms with E-state index in [1.165, 1.54) is 19.3 Å². The molecule has 2 aromatic rings. The van der Waals surface area contributed by atoms with Crippen molar-refractivity contribution in [1.82, 2.24) is 0 Å². The smallest absolute Gasteiger partial charge is 0.227 e. The van der Waals surface area contributed by atoms with Crippen molar-refractivity contribution >= 4 is 11.6 Å². The molecule has 4 rings (SSSR count). The summed E-state index contributed by atoms with van der Waals surface area (Å²) in [5.74, 6) is 3.81. The Morgan fingerprint density at radius 1 is 1.00 bits per heavy atom. The molecule has 4 nitrogen and oxygen atoms in total. The van der Waals surface area contributed by atoms with Gasteiger partial charge in [-0.15, -0.1) is 0 Å². The summed E-state index contributed by atoms with van der Waals surface area (Å²) in [7, 11) is 1.62. The van der Waals surface area contributed by atoms with Crippen LogP contribution in [-0.2, 0) is 4.79 Å². The maximum absolute atomic E-state index is 12.5. The molecule has 4 heteroatoms. The monoisotopic (exact) mass is 337 g/mol. The third-order valence-corrected chi connectivity index (χ3v) is 5.49. The van der Waals surface area contributed by atoms with Crippen molar-refractivity contribution in [1.29, 1.82) is 0 Å². The lowest BCUT2D eigenvalue weighted by atomic mass is 9.88. The standard InChI is InChI=1S/C21H23NO3/c1-24-19-4-2-3-5-20(19)25-17-10-8-16(9-11-17)22-21(23)18-13-14-6-7-15(18)12-14/h2-5,8-11,14-15,18H,6-7,12-13H2,1H3,(H,22,23). The molecule has 0 spiro atoms. The fraction of sp³-hybridized carbons (Fsp3) is 0.381. The Bertz CT molecular complexity index is 756. The highest BCUT2D eigenvalue weighted by molar-refractivity contribution is 5.93. The number of benzene rings is 2. The summed E-state index contributed by atoms with van der Waals surface area (Å²) in [5.41, 5.74) is 0.820. The lowest BCUT2D eigenvalue weighted by Crippen LogP contribution is -2.27. The van der Waals surface area contributed by atoms with Gasteiger partial charge in [0, 0.05) is 11.6 Å². The Morgan fingerprint density at radius 2 is 1.76 bits per heavy atom. The maximum atomic E-state index is 12.5. The number of ether oxygens (including phenoxy) is 2. The second-order valence-electron chi connectivity index (χ2n) is 7.05. The average molecular weight is 337 g/mol. The van der Waals surface area contributed by atoms with Gasteiger partial charge in [0.05, 0.1) is 7.11 Å². The normalized spacial score (nSPS) is 24.1. The highest BCUT2D eigenvalue weighted by atomic mass is 16.5. The zero-order chi connectivity index (χ0) is 17.2. The summed E-state index contributed by atoms with van der Waals surface area (Å²) in [6.07, 6.45) is 4.83. The van der Waals surface area contributed by atoms with E-state index < -0.39 is 0 Å². The predicted molar refractivity (Wildman–Crippen MR) is 97.1 cm³/mol. The summed E-state index contributed by atoms with van der Waals surface area (Å²) in [6, 6.07) is 15.0. The molecule has 2 aromatic carbocycles. The predicted octanol–water partition coefficient (Wildman–Crippen LogP) is 4.86. The Balaban J connectivity index is 1.39. The van der Waals surface area contributed by atoms with Gasteiger partial charge >= 0.3 is 0 Å². The largest absolute Gasteiger partial charge is 0.493 e. The number of nitrogens with one attached hydrogen (secondary N) is 1. The molecule has 3 atom stereocenters. The van der Waals surface area contributed by atoms with Crippen LogP contribution in [0.5, 0.6) is 17.2 Å². The third kappa shape index (κ3) is 3.34. The van der Waals surface area contributed by atoms with Gasteiger partial charge in [-0.05, 0) is 67.5 Å². The van der Waals surface area contributed by atoms with Crippen LogP contribution in [0, 0.1) is 17.8 Å². The number of rotatable bonds is 5. The number of anilines is 1. The van der Waals surface area contributed by atoms with Gasteiger partial charge in [-0.3, -0.25) is 4.79 Å². The van der Waals surface area contributed by atoms with Gasteiger partial charge in [0.15, 0.2) is 11.5 Å². The van der Waals surface area contributed by atoms with E-state index >= 15 is 0 Å². The Kier molecular flexibility index (Phi) is 4.35. The molecular weight excluding hydrogens is 314 g/mol. The molecule has 2 aliphatic carbocycles. The molecule has 3 unspecified atom stereocenters. The molecule has 1 amide bonds. The van der Waals surface area contributed by atoms with E-state index in [2.05, 4.69) is 5.32 Å². The fourth-order valence-corrected chi connectivity index (χ4v) is 4.24. The van der Waals surface area contributed by atoms with Crippen LogP contribution in [0.1, 0.15) is 25.7 Å². The van der Waals surface area contributed by atoms with Crippen LogP contribution in [0.3, 0.4) is 0 Å². The van der Waals surface area contributed by atoms with Crippen LogP contribution in [0.15, 0.2) is 48.5 Å². The minimum atomic E-state index is 0.172. The second-order valence-corrected chi connectivity index (χ2v) is 7.05. The minimum Gasteiger partial charge on any atom is -0.493 e. The summed E-state index contributed by atoms with van der Waals surface area (Å²) in [6.45, 7) is 0. The molecule has 0 radical (unpaired) electrons. The van der Waals surface area contributed by atoms with Crippen molar-refractivity contribution < 1.29 is 14.3 Å². The fourth-order valence-electron chi connectivity index (χ4n) is 4.24. The van der Waals surface area contributed by atoms with E-state index in [0.29, 0.717) is 23.2 Å². The summed E-state index contributed by atoms with van der Waals surface area (Å²) >= 11 is 0. The van der Waals surface area contributed by atoms with Crippen molar-refractivity contribution in [3.05, 3.63) is 48.5 Å².